The summed E-state index contributed by atoms with van der Waals surface area (Å²) < 4.78 is 17.4. The van der Waals surface area contributed by atoms with Gasteiger partial charge < -0.3 is 19.9 Å². The van der Waals surface area contributed by atoms with Crippen LogP contribution in [0.2, 0.25) is 0 Å². The van der Waals surface area contributed by atoms with Gasteiger partial charge in [-0.1, -0.05) is 39.5 Å². The van der Waals surface area contributed by atoms with Crippen LogP contribution in [0.3, 0.4) is 0 Å². The van der Waals surface area contributed by atoms with Crippen LogP contribution in [0, 0.1) is 17.8 Å². The number of carbonyl (C=O) groups excluding carboxylic acids is 1. The molecule has 2 fully saturated rings. The molecular formula is C18H33NO4. The van der Waals surface area contributed by atoms with E-state index >= 15 is 0 Å². The van der Waals surface area contributed by atoms with Crippen molar-refractivity contribution in [2.45, 2.75) is 71.1 Å². The largest absolute Gasteiger partial charge is 0.459 e. The standard InChI is InChI=1S/C18H33NO4/c1-12(2)9-22-17-13(3)23-18(20)16(19)11-21-10-15(17)8-14-6-4-5-7-14/h12-17H,4-11,19H2,1-3H3/t13-,15-,16-,17-/m0/s1. The lowest BCUT2D eigenvalue weighted by atomic mass is 9.87. The fourth-order valence-corrected chi connectivity index (χ4v) is 3.68. The third-order valence-electron chi connectivity index (χ3n) is 4.89. The van der Waals surface area contributed by atoms with Gasteiger partial charge in [0.05, 0.1) is 19.3 Å². The van der Waals surface area contributed by atoms with Crippen molar-refractivity contribution in [1.82, 2.24) is 0 Å². The van der Waals surface area contributed by atoms with Crippen molar-refractivity contribution in [3.8, 4) is 0 Å². The van der Waals surface area contributed by atoms with Crippen molar-refractivity contribution >= 4 is 5.97 Å². The molecule has 2 rings (SSSR count). The normalized spacial score (nSPS) is 34.0. The van der Waals surface area contributed by atoms with Crippen molar-refractivity contribution in [2.24, 2.45) is 23.5 Å². The van der Waals surface area contributed by atoms with E-state index in [1.165, 1.54) is 25.7 Å². The summed E-state index contributed by atoms with van der Waals surface area (Å²) in [6, 6.07) is -0.701. The first-order valence-electron chi connectivity index (χ1n) is 9.12. The number of nitrogens with two attached hydrogens (primary N) is 1. The van der Waals surface area contributed by atoms with E-state index in [1.54, 1.807) is 0 Å². The molecular weight excluding hydrogens is 294 g/mol. The van der Waals surface area contributed by atoms with E-state index in [9.17, 15) is 4.79 Å². The highest BCUT2D eigenvalue weighted by Crippen LogP contribution is 2.33. The molecule has 0 aromatic carbocycles. The van der Waals surface area contributed by atoms with Crippen molar-refractivity contribution in [3.63, 3.8) is 0 Å². The van der Waals surface area contributed by atoms with Crippen molar-refractivity contribution < 1.29 is 19.0 Å². The molecule has 1 aliphatic heterocycles. The van der Waals surface area contributed by atoms with Gasteiger partial charge in [-0.3, -0.25) is 4.79 Å². The first-order chi connectivity index (χ1) is 11.0. The SMILES string of the molecule is CC(C)CO[C@@H]1[C@@H](CC2CCCC2)COC[C@H](N)C(=O)O[C@H]1C. The Morgan fingerprint density at radius 2 is 1.96 bits per heavy atom. The maximum Gasteiger partial charge on any atom is 0.325 e. The summed E-state index contributed by atoms with van der Waals surface area (Å²) in [6.45, 7) is 7.66. The number of ether oxygens (including phenoxy) is 3. The molecule has 4 atom stereocenters. The van der Waals surface area contributed by atoms with Crippen LogP contribution in [0.15, 0.2) is 0 Å². The smallest absolute Gasteiger partial charge is 0.325 e. The summed E-state index contributed by atoms with van der Waals surface area (Å²) in [5.74, 6) is 1.05. The van der Waals surface area contributed by atoms with Gasteiger partial charge in [0.25, 0.3) is 0 Å². The lowest BCUT2D eigenvalue weighted by molar-refractivity contribution is -0.160. The minimum Gasteiger partial charge on any atom is -0.459 e. The number of hydrogen-bond donors (Lipinski definition) is 1. The highest BCUT2D eigenvalue weighted by Gasteiger charge is 2.35. The van der Waals surface area contributed by atoms with Gasteiger partial charge >= 0.3 is 5.97 Å². The van der Waals surface area contributed by atoms with Crippen LogP contribution >= 0.6 is 0 Å². The van der Waals surface area contributed by atoms with Crippen molar-refractivity contribution in [3.05, 3.63) is 0 Å². The zero-order valence-corrected chi connectivity index (χ0v) is 14.8. The summed E-state index contributed by atoms with van der Waals surface area (Å²) in [7, 11) is 0. The molecule has 0 aromatic heterocycles. The number of hydrogen-bond acceptors (Lipinski definition) is 5. The number of cyclic esters (lactones) is 1. The average molecular weight is 327 g/mol. The van der Waals surface area contributed by atoms with Gasteiger partial charge in [-0.2, -0.15) is 0 Å². The second-order valence-corrected chi connectivity index (χ2v) is 7.62. The Bertz CT molecular complexity index is 368. The second-order valence-electron chi connectivity index (χ2n) is 7.62. The Hall–Kier alpha value is -0.650. The lowest BCUT2D eigenvalue weighted by Gasteiger charge is -2.32. The maximum atomic E-state index is 12.0. The van der Waals surface area contributed by atoms with Crippen LogP contribution in [-0.4, -0.2) is 44.0 Å². The minimum atomic E-state index is -0.701. The van der Waals surface area contributed by atoms with Gasteiger partial charge in [-0.05, 0) is 25.2 Å². The first-order valence-corrected chi connectivity index (χ1v) is 9.12. The maximum absolute atomic E-state index is 12.0. The van der Waals surface area contributed by atoms with Crippen LogP contribution in [0.4, 0.5) is 0 Å². The van der Waals surface area contributed by atoms with Crippen molar-refractivity contribution in [2.75, 3.05) is 19.8 Å². The third kappa shape index (κ3) is 5.73. The Kier molecular flexibility index (Phi) is 7.31. The van der Waals surface area contributed by atoms with E-state index in [2.05, 4.69) is 13.8 Å². The predicted octanol–water partition coefficient (Wildman–Crippen LogP) is 2.51. The first kappa shape index (κ1) is 18.7. The Morgan fingerprint density at radius 3 is 2.61 bits per heavy atom. The Balaban J connectivity index is 2.08. The fraction of sp³-hybridized carbons (Fsp3) is 0.944. The monoisotopic (exact) mass is 327 g/mol. The molecule has 134 valence electrons. The molecule has 5 heteroatoms. The third-order valence-corrected chi connectivity index (χ3v) is 4.89. The van der Waals surface area contributed by atoms with E-state index in [4.69, 9.17) is 19.9 Å². The molecule has 2 aliphatic rings. The van der Waals surface area contributed by atoms with Gasteiger partial charge in [-0.25, -0.2) is 0 Å². The Labute approximate surface area is 140 Å². The molecule has 5 nitrogen and oxygen atoms in total. The summed E-state index contributed by atoms with van der Waals surface area (Å²) in [5, 5.41) is 0. The highest BCUT2D eigenvalue weighted by atomic mass is 16.6. The minimum absolute atomic E-state index is 0.118. The predicted molar refractivity (Wildman–Crippen MR) is 89.0 cm³/mol. The van der Waals surface area contributed by atoms with E-state index in [-0.39, 0.29) is 24.7 Å². The van der Waals surface area contributed by atoms with Gasteiger partial charge in [0.2, 0.25) is 0 Å². The molecule has 0 spiro atoms. The topological polar surface area (TPSA) is 70.8 Å². The molecule has 1 saturated carbocycles. The van der Waals surface area contributed by atoms with E-state index < -0.39 is 12.0 Å². The molecule has 0 amide bonds. The second kappa shape index (κ2) is 9.00. The molecule has 2 N–H and O–H groups in total. The van der Waals surface area contributed by atoms with Gasteiger partial charge in [-0.15, -0.1) is 0 Å². The van der Waals surface area contributed by atoms with Gasteiger partial charge in [0.1, 0.15) is 12.1 Å². The van der Waals surface area contributed by atoms with E-state index in [0.717, 1.165) is 12.3 Å². The zero-order valence-electron chi connectivity index (χ0n) is 14.8. The molecule has 0 unspecified atom stereocenters. The van der Waals surface area contributed by atoms with E-state index in [1.807, 2.05) is 6.92 Å². The zero-order chi connectivity index (χ0) is 16.8. The molecule has 0 bridgehead atoms. The molecule has 1 aliphatic carbocycles. The highest BCUT2D eigenvalue weighted by molar-refractivity contribution is 5.75. The summed E-state index contributed by atoms with van der Waals surface area (Å²) in [4.78, 5) is 12.0. The quantitative estimate of drug-likeness (QED) is 0.786. The van der Waals surface area contributed by atoms with Gasteiger partial charge in [0, 0.05) is 12.5 Å². The van der Waals surface area contributed by atoms with Crippen LogP contribution in [0.1, 0.15) is 52.9 Å². The van der Waals surface area contributed by atoms with Crippen LogP contribution in [0.5, 0.6) is 0 Å². The number of rotatable bonds is 5. The number of esters is 1. The van der Waals surface area contributed by atoms with Crippen molar-refractivity contribution in [1.29, 1.82) is 0 Å². The summed E-state index contributed by atoms with van der Waals surface area (Å²) in [5.41, 5.74) is 5.82. The molecule has 0 aromatic rings. The number of carbonyl (C=O) groups is 1. The molecule has 23 heavy (non-hydrogen) atoms. The van der Waals surface area contributed by atoms with Gasteiger partial charge in [0.15, 0.2) is 0 Å². The lowest BCUT2D eigenvalue weighted by Crippen LogP contribution is -2.42. The van der Waals surface area contributed by atoms with E-state index in [0.29, 0.717) is 19.1 Å². The molecule has 1 heterocycles. The van der Waals surface area contributed by atoms with Crippen LogP contribution in [0.25, 0.3) is 0 Å². The fourth-order valence-electron chi connectivity index (χ4n) is 3.68. The van der Waals surface area contributed by atoms with Crippen LogP contribution in [-0.2, 0) is 19.0 Å². The summed E-state index contributed by atoms with van der Waals surface area (Å²) >= 11 is 0. The molecule has 1 saturated heterocycles. The van der Waals surface area contributed by atoms with Crippen LogP contribution < -0.4 is 5.73 Å². The molecule has 0 radical (unpaired) electrons. The summed E-state index contributed by atoms with van der Waals surface area (Å²) in [6.07, 6.45) is 5.91. The Morgan fingerprint density at radius 1 is 1.26 bits per heavy atom. The average Bonchev–Trinajstić information content (AvgIpc) is 2.99.